The van der Waals surface area contributed by atoms with Crippen LogP contribution in [-0.4, -0.2) is 22.8 Å². The van der Waals surface area contributed by atoms with Crippen LogP contribution in [0, 0.1) is 40.9 Å². The Hall–Kier alpha value is -1.40. The average Bonchev–Trinajstić information content (AvgIpc) is 2.84. The molecule has 3 saturated carbocycles. The van der Waals surface area contributed by atoms with E-state index in [2.05, 4.69) is 12.8 Å². The fourth-order valence-electron chi connectivity index (χ4n) is 6.25. The Kier molecular flexibility index (Phi) is 3.16. The van der Waals surface area contributed by atoms with Crippen molar-refractivity contribution in [3.8, 4) is 12.3 Å². The summed E-state index contributed by atoms with van der Waals surface area (Å²) in [5, 5.41) is 9.91. The summed E-state index contributed by atoms with van der Waals surface area (Å²) < 4.78 is 0. The molecule has 0 aromatic heterocycles. The molecule has 122 valence electrons. The van der Waals surface area contributed by atoms with E-state index in [9.17, 15) is 14.7 Å². The molecule has 0 aromatic carbocycles. The van der Waals surface area contributed by atoms with E-state index in [4.69, 9.17) is 6.42 Å². The number of aliphatic hydroxyl groups is 1. The summed E-state index contributed by atoms with van der Waals surface area (Å²) in [5.74, 6) is 4.41. The van der Waals surface area contributed by atoms with Crippen molar-refractivity contribution in [2.75, 3.05) is 0 Å². The van der Waals surface area contributed by atoms with E-state index >= 15 is 0 Å². The van der Waals surface area contributed by atoms with Crippen molar-refractivity contribution in [3.63, 3.8) is 0 Å². The van der Waals surface area contributed by atoms with Gasteiger partial charge in [0.25, 0.3) is 0 Å². The summed E-state index contributed by atoms with van der Waals surface area (Å²) in [5.41, 5.74) is 0.420. The third-order valence-corrected chi connectivity index (χ3v) is 7.50. The Balaban J connectivity index is 1.76. The van der Waals surface area contributed by atoms with Gasteiger partial charge in [0.15, 0.2) is 5.78 Å². The van der Waals surface area contributed by atoms with Crippen LogP contribution >= 0.6 is 0 Å². The molecule has 0 aliphatic heterocycles. The first-order valence-corrected chi connectivity index (χ1v) is 8.85. The van der Waals surface area contributed by atoms with Gasteiger partial charge in [0, 0.05) is 18.3 Å². The SMILES string of the molecule is C#C[C@]12CC(=O)C(O)C=C1CC[C@@H]1[C@@H]2CC[C@]2(C)C(=O)CC[C@@H]12. The third kappa shape index (κ3) is 1.82. The number of ketones is 2. The van der Waals surface area contributed by atoms with Crippen LogP contribution in [0.3, 0.4) is 0 Å². The molecule has 1 unspecified atom stereocenters. The van der Waals surface area contributed by atoms with Gasteiger partial charge >= 0.3 is 0 Å². The Morgan fingerprint density at radius 2 is 2.00 bits per heavy atom. The van der Waals surface area contributed by atoms with Crippen LogP contribution in [0.2, 0.25) is 0 Å². The number of hydrogen-bond donors (Lipinski definition) is 1. The highest BCUT2D eigenvalue weighted by Crippen LogP contribution is 2.64. The third-order valence-electron chi connectivity index (χ3n) is 7.50. The maximum absolute atomic E-state index is 12.4. The van der Waals surface area contributed by atoms with E-state index in [1.165, 1.54) is 0 Å². The van der Waals surface area contributed by atoms with Gasteiger partial charge in [0.05, 0.1) is 5.41 Å². The molecule has 23 heavy (non-hydrogen) atoms. The van der Waals surface area contributed by atoms with Crippen molar-refractivity contribution in [2.45, 2.75) is 58.0 Å². The highest BCUT2D eigenvalue weighted by atomic mass is 16.3. The highest BCUT2D eigenvalue weighted by Gasteiger charge is 2.60. The summed E-state index contributed by atoms with van der Waals surface area (Å²) in [6.07, 6.45) is 12.4. The minimum absolute atomic E-state index is 0.150. The molecule has 3 heteroatoms. The summed E-state index contributed by atoms with van der Waals surface area (Å²) in [7, 11) is 0. The van der Waals surface area contributed by atoms with Gasteiger partial charge < -0.3 is 5.11 Å². The van der Waals surface area contributed by atoms with Gasteiger partial charge in [0.1, 0.15) is 11.9 Å². The minimum atomic E-state index is -0.982. The molecule has 0 spiro atoms. The molecule has 0 radical (unpaired) electrons. The molecule has 4 aliphatic carbocycles. The molecule has 0 saturated heterocycles. The number of Topliss-reactive ketones (excluding diaryl/α,β-unsaturated/α-hetero) is 2. The Labute approximate surface area is 137 Å². The van der Waals surface area contributed by atoms with Crippen molar-refractivity contribution >= 4 is 11.6 Å². The Morgan fingerprint density at radius 3 is 2.74 bits per heavy atom. The number of hydrogen-bond acceptors (Lipinski definition) is 3. The highest BCUT2D eigenvalue weighted by molar-refractivity contribution is 5.89. The molecule has 1 N–H and O–H groups in total. The van der Waals surface area contributed by atoms with Crippen molar-refractivity contribution in [1.29, 1.82) is 0 Å². The number of rotatable bonds is 0. The van der Waals surface area contributed by atoms with Gasteiger partial charge in [-0.15, -0.1) is 6.42 Å². The van der Waals surface area contributed by atoms with Crippen molar-refractivity contribution in [1.82, 2.24) is 0 Å². The van der Waals surface area contributed by atoms with Gasteiger partial charge in [-0.1, -0.05) is 18.4 Å². The van der Waals surface area contributed by atoms with Crippen LogP contribution in [0.1, 0.15) is 51.9 Å². The summed E-state index contributed by atoms with van der Waals surface area (Å²) >= 11 is 0. The van der Waals surface area contributed by atoms with E-state index in [0.29, 0.717) is 24.0 Å². The van der Waals surface area contributed by atoms with Crippen LogP contribution in [0.5, 0.6) is 0 Å². The Morgan fingerprint density at radius 1 is 1.22 bits per heavy atom. The first kappa shape index (κ1) is 15.1. The lowest BCUT2D eigenvalue weighted by Crippen LogP contribution is -2.52. The molecular weight excluding hydrogens is 288 g/mol. The normalized spacial score (nSPS) is 48.8. The van der Waals surface area contributed by atoms with E-state index in [-0.39, 0.29) is 23.5 Å². The predicted molar refractivity (Wildman–Crippen MR) is 86.3 cm³/mol. The van der Waals surface area contributed by atoms with Crippen LogP contribution < -0.4 is 0 Å². The lowest BCUT2D eigenvalue weighted by Gasteiger charge is -2.56. The van der Waals surface area contributed by atoms with Gasteiger partial charge in [-0.25, -0.2) is 0 Å². The van der Waals surface area contributed by atoms with Gasteiger partial charge in [-0.05, 0) is 55.9 Å². The number of aliphatic hydroxyl groups excluding tert-OH is 1. The lowest BCUT2D eigenvalue weighted by atomic mass is 9.47. The molecule has 6 atom stereocenters. The molecule has 0 bridgehead atoms. The first-order chi connectivity index (χ1) is 10.9. The van der Waals surface area contributed by atoms with Crippen LogP contribution in [-0.2, 0) is 9.59 Å². The second-order valence-corrected chi connectivity index (χ2v) is 8.23. The summed E-state index contributed by atoms with van der Waals surface area (Å²) in [4.78, 5) is 24.6. The predicted octanol–water partition coefficient (Wildman–Crippen LogP) is 2.67. The maximum Gasteiger partial charge on any atom is 0.167 e. The van der Waals surface area contributed by atoms with E-state index in [1.54, 1.807) is 6.08 Å². The first-order valence-electron chi connectivity index (χ1n) is 8.85. The largest absolute Gasteiger partial charge is 0.381 e. The monoisotopic (exact) mass is 312 g/mol. The quantitative estimate of drug-likeness (QED) is 0.553. The maximum atomic E-state index is 12.4. The zero-order valence-electron chi connectivity index (χ0n) is 13.7. The van der Waals surface area contributed by atoms with Crippen molar-refractivity contribution in [3.05, 3.63) is 11.6 Å². The topological polar surface area (TPSA) is 54.4 Å². The smallest absolute Gasteiger partial charge is 0.167 e. The van der Waals surface area contributed by atoms with E-state index in [1.807, 2.05) is 0 Å². The number of terminal acetylenes is 1. The van der Waals surface area contributed by atoms with E-state index in [0.717, 1.165) is 37.7 Å². The fraction of sp³-hybridized carbons (Fsp3) is 0.700. The fourth-order valence-corrected chi connectivity index (χ4v) is 6.25. The van der Waals surface area contributed by atoms with Gasteiger partial charge in [-0.3, -0.25) is 9.59 Å². The van der Waals surface area contributed by atoms with E-state index < -0.39 is 11.5 Å². The standard InChI is InChI=1S/C20H24O3/c1-3-20-11-17(22)16(21)10-12(20)4-5-13-14-6-7-18(23)19(14,2)9-8-15(13)20/h1,10,13-16,21H,4-9,11H2,2H3/t13-,14-,15-,16?,19-,20-/m0/s1. The van der Waals surface area contributed by atoms with Gasteiger partial charge in [0.2, 0.25) is 0 Å². The van der Waals surface area contributed by atoms with Gasteiger partial charge in [-0.2, -0.15) is 0 Å². The van der Waals surface area contributed by atoms with Crippen LogP contribution in [0.4, 0.5) is 0 Å². The van der Waals surface area contributed by atoms with Crippen molar-refractivity contribution in [2.24, 2.45) is 28.6 Å². The zero-order valence-corrected chi connectivity index (χ0v) is 13.7. The summed E-state index contributed by atoms with van der Waals surface area (Å²) in [6, 6.07) is 0. The number of carbonyl (C=O) groups is 2. The number of allylic oxidation sites excluding steroid dienone is 1. The molecule has 3 fully saturated rings. The van der Waals surface area contributed by atoms with Crippen molar-refractivity contribution < 1.29 is 14.7 Å². The summed E-state index contributed by atoms with van der Waals surface area (Å²) in [6.45, 7) is 2.15. The molecular formula is C20H24O3. The molecule has 0 amide bonds. The van der Waals surface area contributed by atoms with Crippen LogP contribution in [0.25, 0.3) is 0 Å². The van der Waals surface area contributed by atoms with Crippen LogP contribution in [0.15, 0.2) is 11.6 Å². The molecule has 4 aliphatic rings. The number of fused-ring (bicyclic) bond motifs is 5. The second kappa shape index (κ2) is 4.80. The molecule has 3 nitrogen and oxygen atoms in total. The minimum Gasteiger partial charge on any atom is -0.381 e. The second-order valence-electron chi connectivity index (χ2n) is 8.23. The molecule has 4 rings (SSSR count). The lowest BCUT2D eigenvalue weighted by molar-refractivity contribution is -0.135. The molecule has 0 aromatic rings. The number of carbonyl (C=O) groups excluding carboxylic acids is 2. The molecule has 0 heterocycles. The average molecular weight is 312 g/mol. The Bertz CT molecular complexity index is 654. The zero-order chi connectivity index (χ0) is 16.4.